The highest BCUT2D eigenvalue weighted by atomic mass is 32.2. The Hall–Kier alpha value is -3.66. The van der Waals surface area contributed by atoms with Crippen LogP contribution in [-0.2, 0) is 5.75 Å². The number of aromatic nitrogens is 7. The molecule has 0 aliphatic rings. The van der Waals surface area contributed by atoms with Crippen LogP contribution >= 0.6 is 11.8 Å². The molecular weight excluding hydrogens is 374 g/mol. The first-order valence-corrected chi connectivity index (χ1v) is 9.52. The van der Waals surface area contributed by atoms with E-state index in [1.165, 1.54) is 11.8 Å². The lowest BCUT2D eigenvalue weighted by Crippen LogP contribution is -2.06. The molecule has 28 heavy (non-hydrogen) atoms. The number of para-hydroxylation sites is 3. The summed E-state index contributed by atoms with van der Waals surface area (Å²) in [6.45, 7) is 0. The molecule has 0 atom stereocenters. The van der Waals surface area contributed by atoms with Gasteiger partial charge in [-0.25, -0.2) is 10.1 Å². The second-order valence-corrected chi connectivity index (χ2v) is 6.92. The Balaban J connectivity index is 1.40. The minimum atomic E-state index is 0.171. The largest absolute Gasteiger partial charge is 0.368 e. The van der Waals surface area contributed by atoms with Crippen LogP contribution in [0.25, 0.3) is 16.8 Å². The molecule has 10 heteroatoms. The molecule has 9 nitrogen and oxygen atoms in total. The van der Waals surface area contributed by atoms with Crippen molar-refractivity contribution in [3.05, 3.63) is 60.4 Å². The van der Waals surface area contributed by atoms with Gasteiger partial charge in [0, 0.05) is 5.69 Å². The van der Waals surface area contributed by atoms with Crippen LogP contribution in [0.2, 0.25) is 0 Å². The maximum atomic E-state index is 5.86. The molecule has 0 fully saturated rings. The van der Waals surface area contributed by atoms with Gasteiger partial charge < -0.3 is 11.1 Å². The lowest BCUT2D eigenvalue weighted by molar-refractivity contribution is 0.931. The molecule has 0 aliphatic heterocycles. The van der Waals surface area contributed by atoms with E-state index < -0.39 is 0 Å². The molecule has 2 aromatic carbocycles. The van der Waals surface area contributed by atoms with Crippen molar-refractivity contribution in [3.63, 3.8) is 0 Å². The summed E-state index contributed by atoms with van der Waals surface area (Å²) >= 11 is 1.50. The van der Waals surface area contributed by atoms with Crippen LogP contribution in [0.1, 0.15) is 5.82 Å². The number of hydrogen-bond acceptors (Lipinski definition) is 8. The molecule has 0 unspecified atom stereocenters. The molecule has 5 rings (SSSR count). The predicted molar refractivity (Wildman–Crippen MR) is 108 cm³/mol. The number of fused-ring (bicyclic) bond motifs is 3. The van der Waals surface area contributed by atoms with Crippen molar-refractivity contribution < 1.29 is 0 Å². The van der Waals surface area contributed by atoms with Crippen molar-refractivity contribution >= 4 is 46.2 Å². The molecule has 5 aromatic rings. The van der Waals surface area contributed by atoms with Crippen molar-refractivity contribution in [2.75, 3.05) is 11.1 Å². The highest BCUT2D eigenvalue weighted by molar-refractivity contribution is 7.98. The number of thioether (sulfide) groups is 1. The highest BCUT2D eigenvalue weighted by Crippen LogP contribution is 2.25. The Morgan fingerprint density at radius 1 is 0.964 bits per heavy atom. The van der Waals surface area contributed by atoms with E-state index in [1.807, 2.05) is 59.0 Å². The first-order chi connectivity index (χ1) is 13.8. The Morgan fingerprint density at radius 3 is 2.68 bits per heavy atom. The highest BCUT2D eigenvalue weighted by Gasteiger charge is 2.13. The van der Waals surface area contributed by atoms with E-state index >= 15 is 0 Å². The zero-order valence-electron chi connectivity index (χ0n) is 14.6. The quantitative estimate of drug-likeness (QED) is 0.392. The van der Waals surface area contributed by atoms with Gasteiger partial charge in [-0.15, -0.1) is 5.10 Å². The monoisotopic (exact) mass is 389 g/mol. The van der Waals surface area contributed by atoms with Crippen LogP contribution in [-0.4, -0.2) is 34.5 Å². The summed E-state index contributed by atoms with van der Waals surface area (Å²) in [6, 6.07) is 17.6. The van der Waals surface area contributed by atoms with Crippen LogP contribution in [0.5, 0.6) is 0 Å². The number of rotatable bonds is 5. The van der Waals surface area contributed by atoms with Crippen LogP contribution in [0.4, 0.5) is 17.6 Å². The van der Waals surface area contributed by atoms with Gasteiger partial charge in [-0.3, -0.25) is 4.40 Å². The molecule has 0 bridgehead atoms. The van der Waals surface area contributed by atoms with Crippen LogP contribution in [0.15, 0.2) is 59.8 Å². The van der Waals surface area contributed by atoms with E-state index in [0.717, 1.165) is 21.9 Å². The minimum absolute atomic E-state index is 0.171. The fraction of sp³-hybridized carbons (Fsp3) is 0.0556. The van der Waals surface area contributed by atoms with Crippen LogP contribution < -0.4 is 11.1 Å². The van der Waals surface area contributed by atoms with Gasteiger partial charge in [-0.05, 0) is 24.3 Å². The van der Waals surface area contributed by atoms with E-state index in [2.05, 4.69) is 35.5 Å². The third kappa shape index (κ3) is 3.09. The average molecular weight is 389 g/mol. The van der Waals surface area contributed by atoms with E-state index in [9.17, 15) is 0 Å². The summed E-state index contributed by atoms with van der Waals surface area (Å²) in [5, 5.41) is 11.2. The molecule has 0 spiro atoms. The average Bonchev–Trinajstić information content (AvgIpc) is 3.26. The zero-order chi connectivity index (χ0) is 18.9. The molecule has 0 amide bonds. The number of imidazole rings is 1. The third-order valence-electron chi connectivity index (χ3n) is 4.06. The lowest BCUT2D eigenvalue weighted by atomic mass is 10.3. The van der Waals surface area contributed by atoms with Gasteiger partial charge in [-0.2, -0.15) is 15.0 Å². The zero-order valence-corrected chi connectivity index (χ0v) is 15.4. The minimum Gasteiger partial charge on any atom is -0.368 e. The third-order valence-corrected chi connectivity index (χ3v) is 5.00. The van der Waals surface area contributed by atoms with Gasteiger partial charge in [0.05, 0.1) is 16.8 Å². The van der Waals surface area contributed by atoms with Gasteiger partial charge in [-0.1, -0.05) is 42.1 Å². The van der Waals surface area contributed by atoms with Gasteiger partial charge in [0.2, 0.25) is 17.7 Å². The second-order valence-electron chi connectivity index (χ2n) is 5.98. The smallest absolute Gasteiger partial charge is 0.232 e. The summed E-state index contributed by atoms with van der Waals surface area (Å²) in [5.74, 6) is 2.34. The molecule has 0 saturated heterocycles. The maximum absolute atomic E-state index is 5.86. The van der Waals surface area contributed by atoms with Crippen molar-refractivity contribution in [1.82, 2.24) is 34.5 Å². The van der Waals surface area contributed by atoms with Gasteiger partial charge in [0.25, 0.3) is 0 Å². The fourth-order valence-corrected chi connectivity index (χ4v) is 3.69. The maximum Gasteiger partial charge on any atom is 0.232 e. The van der Waals surface area contributed by atoms with Crippen LogP contribution in [0.3, 0.4) is 0 Å². The molecule has 3 heterocycles. The normalized spacial score (nSPS) is 11.3. The van der Waals surface area contributed by atoms with Crippen molar-refractivity contribution in [1.29, 1.82) is 0 Å². The Labute approximate surface area is 163 Å². The van der Waals surface area contributed by atoms with E-state index in [4.69, 9.17) is 5.73 Å². The molecule has 0 aliphatic carbocycles. The molecular formula is C18H15N9S. The lowest BCUT2D eigenvalue weighted by Gasteiger charge is -2.07. The van der Waals surface area contributed by atoms with Crippen molar-refractivity contribution in [3.8, 4) is 0 Å². The molecule has 4 N–H and O–H groups in total. The summed E-state index contributed by atoms with van der Waals surface area (Å²) in [7, 11) is 0. The first kappa shape index (κ1) is 16.5. The number of aromatic amines is 1. The predicted octanol–water partition coefficient (Wildman–Crippen LogP) is 3.01. The van der Waals surface area contributed by atoms with E-state index in [0.29, 0.717) is 23.3 Å². The van der Waals surface area contributed by atoms with Crippen molar-refractivity contribution in [2.24, 2.45) is 0 Å². The number of nitrogens with zero attached hydrogens (tertiary/aromatic N) is 6. The van der Waals surface area contributed by atoms with Crippen molar-refractivity contribution in [2.45, 2.75) is 10.9 Å². The second kappa shape index (κ2) is 6.82. The summed E-state index contributed by atoms with van der Waals surface area (Å²) in [6.07, 6.45) is 0. The number of nitrogen functional groups attached to an aromatic ring is 1. The number of nitrogens with two attached hydrogens (primary N) is 1. The number of hydrogen-bond donors (Lipinski definition) is 3. The van der Waals surface area contributed by atoms with Gasteiger partial charge in [0.1, 0.15) is 5.82 Å². The standard InChI is InChI=1S/C18H15N9S/c19-15-22-14(23-16(24-15)20-11-6-2-1-3-7-11)10-28-18-26-25-17-21-12-8-4-5-9-13(12)27(17)18/h1-9H,10H2,(H,21,25)(H3,19,20,22,23,24). The number of nitrogens with one attached hydrogen (secondary N) is 2. The fourth-order valence-electron chi connectivity index (χ4n) is 2.88. The topological polar surface area (TPSA) is 123 Å². The van der Waals surface area contributed by atoms with Gasteiger partial charge in [0.15, 0.2) is 5.16 Å². The SMILES string of the molecule is Nc1nc(CSc2n[nH]c3nc4ccccc4n23)nc(Nc2ccccc2)n1. The van der Waals surface area contributed by atoms with E-state index in [1.54, 1.807) is 0 Å². The van der Waals surface area contributed by atoms with Crippen LogP contribution in [0, 0.1) is 0 Å². The summed E-state index contributed by atoms with van der Waals surface area (Å²) < 4.78 is 1.98. The molecule has 138 valence electrons. The summed E-state index contributed by atoms with van der Waals surface area (Å²) in [4.78, 5) is 17.4. The first-order valence-electron chi connectivity index (χ1n) is 8.53. The Kier molecular flexibility index (Phi) is 4.02. The number of H-pyrrole nitrogens is 1. The van der Waals surface area contributed by atoms with Gasteiger partial charge >= 0.3 is 0 Å². The Bertz CT molecular complexity index is 1260. The number of anilines is 3. The molecule has 3 aromatic heterocycles. The van der Waals surface area contributed by atoms with E-state index in [-0.39, 0.29) is 5.95 Å². The number of benzene rings is 2. The molecule has 0 saturated carbocycles. The molecule has 0 radical (unpaired) electrons. The Morgan fingerprint density at radius 2 is 1.79 bits per heavy atom. The summed E-state index contributed by atoms with van der Waals surface area (Å²) in [5.41, 5.74) is 8.65.